The normalized spacial score (nSPS) is 26.9. The number of hydrogen-bond acceptors (Lipinski definition) is 5. The summed E-state index contributed by atoms with van der Waals surface area (Å²) in [7, 11) is 3.50. The first-order valence-electron chi connectivity index (χ1n) is 7.78. The van der Waals surface area contributed by atoms with E-state index in [1.807, 2.05) is 0 Å². The molecular formula is C15H32N2O3. The van der Waals surface area contributed by atoms with E-state index in [9.17, 15) is 5.11 Å². The molecule has 0 aliphatic carbocycles. The molecular weight excluding hydrogens is 256 g/mol. The molecule has 0 radical (unpaired) electrons. The van der Waals surface area contributed by atoms with Crippen molar-refractivity contribution in [2.45, 2.75) is 50.9 Å². The smallest absolute Gasteiger partial charge is 0.0971 e. The van der Waals surface area contributed by atoms with Crippen molar-refractivity contribution in [3.8, 4) is 0 Å². The third-order valence-electron chi connectivity index (χ3n) is 4.56. The number of likely N-dealkylation sites (tertiary alicyclic amines) is 1. The minimum absolute atomic E-state index is 0.115. The van der Waals surface area contributed by atoms with E-state index in [1.165, 1.54) is 0 Å². The zero-order valence-corrected chi connectivity index (χ0v) is 13.5. The van der Waals surface area contributed by atoms with Gasteiger partial charge in [0.15, 0.2) is 0 Å². The average Bonchev–Trinajstić information content (AvgIpc) is 2.88. The zero-order valence-electron chi connectivity index (χ0n) is 13.5. The molecule has 2 N–H and O–H groups in total. The molecule has 0 saturated carbocycles. The van der Waals surface area contributed by atoms with Gasteiger partial charge in [-0.1, -0.05) is 13.8 Å². The molecule has 20 heavy (non-hydrogen) atoms. The maximum absolute atomic E-state index is 9.64. The number of likely N-dealkylation sites (N-methyl/N-ethyl adjacent to an activating group) is 1. The van der Waals surface area contributed by atoms with Crippen molar-refractivity contribution in [2.24, 2.45) is 0 Å². The number of nitrogens with zero attached hydrogens (tertiary/aromatic N) is 1. The fourth-order valence-corrected chi connectivity index (χ4v) is 3.11. The van der Waals surface area contributed by atoms with Crippen molar-refractivity contribution in [3.05, 3.63) is 0 Å². The molecule has 0 spiro atoms. The molecule has 5 heteroatoms. The molecule has 0 aromatic carbocycles. The van der Waals surface area contributed by atoms with Crippen molar-refractivity contribution in [2.75, 3.05) is 47.0 Å². The summed E-state index contributed by atoms with van der Waals surface area (Å²) in [6, 6.07) is 0. The van der Waals surface area contributed by atoms with Gasteiger partial charge in [0.2, 0.25) is 0 Å². The lowest BCUT2D eigenvalue weighted by molar-refractivity contribution is -0.00461. The third-order valence-corrected chi connectivity index (χ3v) is 4.56. The standard InChI is InChI=1S/C15H32N2O3/c1-5-15(12-18,16-6-2)8-7-9-17-10-13(19-3)14(11-17)20-4/h13-14,16,18H,5-12H2,1-4H3. The first-order chi connectivity index (χ1) is 9.64. The second-order valence-electron chi connectivity index (χ2n) is 5.73. The van der Waals surface area contributed by atoms with Gasteiger partial charge in [0.05, 0.1) is 18.8 Å². The highest BCUT2D eigenvalue weighted by Gasteiger charge is 2.33. The first-order valence-corrected chi connectivity index (χ1v) is 7.78. The molecule has 0 aromatic heterocycles. The molecule has 0 amide bonds. The molecule has 0 aromatic rings. The van der Waals surface area contributed by atoms with E-state index in [4.69, 9.17) is 9.47 Å². The number of methoxy groups -OCH3 is 2. The van der Waals surface area contributed by atoms with E-state index in [0.717, 1.165) is 45.4 Å². The van der Waals surface area contributed by atoms with Gasteiger partial charge in [0.1, 0.15) is 0 Å². The molecule has 1 rings (SSSR count). The zero-order chi connectivity index (χ0) is 15.0. The van der Waals surface area contributed by atoms with Crippen LogP contribution in [0.15, 0.2) is 0 Å². The van der Waals surface area contributed by atoms with Gasteiger partial charge in [0.25, 0.3) is 0 Å². The van der Waals surface area contributed by atoms with Crippen molar-refractivity contribution in [1.82, 2.24) is 10.2 Å². The Labute approximate surface area is 123 Å². The monoisotopic (exact) mass is 288 g/mol. The van der Waals surface area contributed by atoms with Gasteiger partial charge in [0, 0.05) is 32.8 Å². The Morgan fingerprint density at radius 1 is 1.20 bits per heavy atom. The van der Waals surface area contributed by atoms with E-state index < -0.39 is 0 Å². The highest BCUT2D eigenvalue weighted by molar-refractivity contribution is 4.88. The maximum Gasteiger partial charge on any atom is 0.0971 e. The van der Waals surface area contributed by atoms with Gasteiger partial charge in [-0.25, -0.2) is 0 Å². The summed E-state index contributed by atoms with van der Waals surface area (Å²) in [6.45, 7) is 8.24. The second kappa shape index (κ2) is 8.95. The SMILES string of the molecule is CCNC(CC)(CO)CCCN1CC(OC)C(OC)C1. The number of hydrogen-bond donors (Lipinski definition) is 2. The highest BCUT2D eigenvalue weighted by Crippen LogP contribution is 2.20. The quantitative estimate of drug-likeness (QED) is 0.624. The van der Waals surface area contributed by atoms with Crippen molar-refractivity contribution < 1.29 is 14.6 Å². The van der Waals surface area contributed by atoms with Crippen molar-refractivity contribution >= 4 is 0 Å². The summed E-state index contributed by atoms with van der Waals surface area (Å²) in [4.78, 5) is 2.39. The third kappa shape index (κ3) is 4.67. The lowest BCUT2D eigenvalue weighted by Gasteiger charge is -2.32. The lowest BCUT2D eigenvalue weighted by atomic mass is 9.91. The molecule has 1 fully saturated rings. The molecule has 0 bridgehead atoms. The van der Waals surface area contributed by atoms with Crippen LogP contribution < -0.4 is 5.32 Å². The van der Waals surface area contributed by atoms with E-state index >= 15 is 0 Å². The predicted octanol–water partition coefficient (Wildman–Crippen LogP) is 0.863. The Bertz CT molecular complexity index is 248. The van der Waals surface area contributed by atoms with Crippen LogP contribution in [0.5, 0.6) is 0 Å². The summed E-state index contributed by atoms with van der Waals surface area (Å²) in [5, 5.41) is 13.1. The molecule has 1 aliphatic heterocycles. The van der Waals surface area contributed by atoms with Crippen LogP contribution in [0.25, 0.3) is 0 Å². The van der Waals surface area contributed by atoms with Crippen LogP contribution in [0.3, 0.4) is 0 Å². The fraction of sp³-hybridized carbons (Fsp3) is 1.00. The van der Waals surface area contributed by atoms with Crippen molar-refractivity contribution in [1.29, 1.82) is 0 Å². The lowest BCUT2D eigenvalue weighted by Crippen LogP contribution is -2.48. The van der Waals surface area contributed by atoms with Crippen LogP contribution in [0.1, 0.15) is 33.1 Å². The van der Waals surface area contributed by atoms with Crippen LogP contribution in [0, 0.1) is 0 Å². The van der Waals surface area contributed by atoms with Crippen LogP contribution >= 0.6 is 0 Å². The van der Waals surface area contributed by atoms with E-state index in [1.54, 1.807) is 14.2 Å². The minimum atomic E-state index is -0.115. The predicted molar refractivity (Wildman–Crippen MR) is 81.1 cm³/mol. The Balaban J connectivity index is 2.36. The summed E-state index contributed by atoms with van der Waals surface area (Å²) >= 11 is 0. The number of rotatable bonds is 10. The summed E-state index contributed by atoms with van der Waals surface area (Å²) < 4.78 is 10.9. The summed E-state index contributed by atoms with van der Waals surface area (Å²) in [5.41, 5.74) is -0.115. The number of aliphatic hydroxyl groups excluding tert-OH is 1. The highest BCUT2D eigenvalue weighted by atomic mass is 16.5. The average molecular weight is 288 g/mol. The van der Waals surface area contributed by atoms with Gasteiger partial charge in [-0.15, -0.1) is 0 Å². The Morgan fingerprint density at radius 3 is 2.20 bits per heavy atom. The first kappa shape index (κ1) is 17.9. The number of ether oxygens (including phenoxy) is 2. The Hall–Kier alpha value is -0.200. The molecule has 1 aliphatic rings. The van der Waals surface area contributed by atoms with Crippen LogP contribution in [-0.2, 0) is 9.47 Å². The van der Waals surface area contributed by atoms with Crippen LogP contribution in [0.2, 0.25) is 0 Å². The van der Waals surface area contributed by atoms with Gasteiger partial charge in [-0.2, -0.15) is 0 Å². The van der Waals surface area contributed by atoms with Gasteiger partial charge in [-0.05, 0) is 32.4 Å². The second-order valence-corrected chi connectivity index (χ2v) is 5.73. The maximum atomic E-state index is 9.64. The molecule has 3 atom stereocenters. The van der Waals surface area contributed by atoms with E-state index in [-0.39, 0.29) is 24.4 Å². The van der Waals surface area contributed by atoms with Gasteiger partial charge in [-0.3, -0.25) is 4.90 Å². The number of aliphatic hydroxyl groups is 1. The molecule has 120 valence electrons. The summed E-state index contributed by atoms with van der Waals surface area (Å²) in [5.74, 6) is 0. The molecule has 1 heterocycles. The topological polar surface area (TPSA) is 54.0 Å². The molecule has 3 unspecified atom stereocenters. The Kier molecular flexibility index (Phi) is 7.99. The van der Waals surface area contributed by atoms with Crippen LogP contribution in [0.4, 0.5) is 0 Å². The molecule has 5 nitrogen and oxygen atoms in total. The van der Waals surface area contributed by atoms with Crippen LogP contribution in [-0.4, -0.2) is 74.8 Å². The number of nitrogens with one attached hydrogen (secondary N) is 1. The minimum Gasteiger partial charge on any atom is -0.394 e. The van der Waals surface area contributed by atoms with E-state index in [2.05, 4.69) is 24.1 Å². The Morgan fingerprint density at radius 2 is 1.80 bits per heavy atom. The largest absolute Gasteiger partial charge is 0.394 e. The fourth-order valence-electron chi connectivity index (χ4n) is 3.11. The molecule has 1 saturated heterocycles. The van der Waals surface area contributed by atoms with Crippen molar-refractivity contribution in [3.63, 3.8) is 0 Å². The summed E-state index contributed by atoms with van der Waals surface area (Å²) in [6.07, 6.45) is 3.40. The van der Waals surface area contributed by atoms with Gasteiger partial charge >= 0.3 is 0 Å². The van der Waals surface area contributed by atoms with E-state index in [0.29, 0.717) is 0 Å². The van der Waals surface area contributed by atoms with Gasteiger partial charge < -0.3 is 19.9 Å².